The number of aliphatic carboxylic acids is 1. The number of carbonyl (C=O) groups is 3. The van der Waals surface area contributed by atoms with Gasteiger partial charge >= 0.3 is 5.97 Å². The van der Waals surface area contributed by atoms with Gasteiger partial charge in [-0.25, -0.2) is 4.90 Å². The van der Waals surface area contributed by atoms with Crippen molar-refractivity contribution in [3.63, 3.8) is 0 Å². The third-order valence-electron chi connectivity index (χ3n) is 7.65. The van der Waals surface area contributed by atoms with Crippen LogP contribution in [0.15, 0.2) is 60.7 Å². The number of nitrogens with zero attached hydrogens (tertiary/aromatic N) is 1. The van der Waals surface area contributed by atoms with E-state index >= 15 is 0 Å². The zero-order valence-electron chi connectivity index (χ0n) is 18.8. The van der Waals surface area contributed by atoms with Crippen LogP contribution in [-0.4, -0.2) is 37.1 Å². The van der Waals surface area contributed by atoms with Crippen molar-refractivity contribution in [1.29, 1.82) is 0 Å². The smallest absolute Gasteiger partial charge is 0.319 e. The van der Waals surface area contributed by atoms with Gasteiger partial charge < -0.3 is 14.6 Å². The Kier molecular flexibility index (Phi) is 4.54. The van der Waals surface area contributed by atoms with Crippen molar-refractivity contribution in [2.24, 2.45) is 11.8 Å². The number of hydrogen-bond donors (Lipinski definition) is 1. The fourth-order valence-electron chi connectivity index (χ4n) is 6.39. The van der Waals surface area contributed by atoms with E-state index in [1.165, 1.54) is 26.4 Å². The van der Waals surface area contributed by atoms with Crippen LogP contribution in [0, 0.1) is 11.8 Å². The molecule has 0 radical (unpaired) electrons. The number of hydrogen-bond acceptors (Lipinski definition) is 5. The SMILES string of the molecule is COc1cc(N2C(=O)[C@@H]3[C@@H](C2=O)C2c4ccccc4C3(C(=O)O)c3ccccc32)c(OC)cc1Cl. The van der Waals surface area contributed by atoms with Gasteiger partial charge in [0.1, 0.15) is 16.9 Å². The lowest BCUT2D eigenvalue weighted by atomic mass is 9.47. The Morgan fingerprint density at radius 1 is 0.914 bits per heavy atom. The number of ether oxygens (including phenoxy) is 2. The van der Waals surface area contributed by atoms with Gasteiger partial charge in [0, 0.05) is 18.1 Å². The molecule has 7 rings (SSSR count). The molecule has 0 unspecified atom stereocenters. The maximum atomic E-state index is 14.1. The van der Waals surface area contributed by atoms with Crippen LogP contribution in [0.1, 0.15) is 28.2 Å². The maximum Gasteiger partial charge on any atom is 0.319 e. The van der Waals surface area contributed by atoms with E-state index in [0.717, 1.165) is 16.0 Å². The van der Waals surface area contributed by atoms with Crippen molar-refractivity contribution in [2.75, 3.05) is 19.1 Å². The van der Waals surface area contributed by atoms with E-state index in [-0.39, 0.29) is 22.2 Å². The number of benzene rings is 3. The van der Waals surface area contributed by atoms with Crippen LogP contribution in [0.25, 0.3) is 0 Å². The highest BCUT2D eigenvalue weighted by molar-refractivity contribution is 6.33. The summed E-state index contributed by atoms with van der Waals surface area (Å²) in [5.41, 5.74) is 1.11. The number of imide groups is 1. The summed E-state index contributed by atoms with van der Waals surface area (Å²) in [6, 6.07) is 17.4. The third-order valence-corrected chi connectivity index (χ3v) is 7.95. The van der Waals surface area contributed by atoms with Crippen molar-refractivity contribution in [1.82, 2.24) is 0 Å². The van der Waals surface area contributed by atoms with Crippen molar-refractivity contribution < 1.29 is 29.0 Å². The molecule has 8 heteroatoms. The predicted octanol–water partition coefficient (Wildman–Crippen LogP) is 3.99. The first kappa shape index (κ1) is 21.7. The molecule has 1 aliphatic heterocycles. The first-order valence-corrected chi connectivity index (χ1v) is 11.5. The standard InChI is InChI=1S/C27H20ClNO6/c1-34-19-12-18(20(35-2)11-17(19)28)29-24(30)22-21-13-7-3-5-9-15(13)27(26(32)33,23(22)25(29)31)16-10-6-4-8-14(16)21/h3-12,21-23H,1-2H3,(H,32,33)/t21?,22-,23-,27?/m0/s1. The van der Waals surface area contributed by atoms with Crippen molar-refractivity contribution >= 4 is 35.1 Å². The van der Waals surface area contributed by atoms with E-state index in [0.29, 0.717) is 11.1 Å². The third kappa shape index (κ3) is 2.48. The maximum absolute atomic E-state index is 14.1. The van der Waals surface area contributed by atoms with E-state index in [4.69, 9.17) is 21.1 Å². The van der Waals surface area contributed by atoms with E-state index in [1.807, 2.05) is 24.3 Å². The average molecular weight is 490 g/mol. The van der Waals surface area contributed by atoms with Crippen LogP contribution in [0.3, 0.4) is 0 Å². The van der Waals surface area contributed by atoms with Crippen LogP contribution < -0.4 is 14.4 Å². The van der Waals surface area contributed by atoms with E-state index < -0.39 is 41.0 Å². The molecule has 7 nitrogen and oxygen atoms in total. The average Bonchev–Trinajstić information content (AvgIpc) is 3.14. The van der Waals surface area contributed by atoms with Crippen LogP contribution in [0.4, 0.5) is 5.69 Å². The molecule has 0 aromatic heterocycles. The second-order valence-electron chi connectivity index (χ2n) is 8.94. The predicted molar refractivity (Wildman–Crippen MR) is 127 cm³/mol. The van der Waals surface area contributed by atoms with Gasteiger partial charge in [-0.05, 0) is 22.3 Å². The highest BCUT2D eigenvalue weighted by Gasteiger charge is 2.71. The zero-order valence-corrected chi connectivity index (χ0v) is 19.6. The number of anilines is 1. The van der Waals surface area contributed by atoms with Gasteiger partial charge in [-0.3, -0.25) is 14.4 Å². The summed E-state index contributed by atoms with van der Waals surface area (Å²) >= 11 is 6.25. The second-order valence-corrected chi connectivity index (χ2v) is 9.35. The summed E-state index contributed by atoms with van der Waals surface area (Å²) in [7, 11) is 2.84. The number of carboxylic acids is 1. The Hall–Kier alpha value is -3.84. The molecule has 1 N–H and O–H groups in total. The van der Waals surface area contributed by atoms with Gasteiger partial charge in [0.15, 0.2) is 0 Å². The minimum absolute atomic E-state index is 0.172. The molecule has 2 bridgehead atoms. The Bertz CT molecular complexity index is 1400. The Morgan fingerprint density at radius 3 is 2.03 bits per heavy atom. The molecule has 2 atom stereocenters. The van der Waals surface area contributed by atoms with Gasteiger partial charge in [0.25, 0.3) is 0 Å². The number of carbonyl (C=O) groups excluding carboxylic acids is 2. The van der Waals surface area contributed by atoms with Crippen LogP contribution in [-0.2, 0) is 19.8 Å². The molecule has 2 amide bonds. The summed E-state index contributed by atoms with van der Waals surface area (Å²) in [5, 5.41) is 11.0. The molecular weight excluding hydrogens is 470 g/mol. The quantitative estimate of drug-likeness (QED) is 0.557. The molecule has 0 spiro atoms. The number of amides is 2. The molecule has 1 heterocycles. The number of methoxy groups -OCH3 is 2. The van der Waals surface area contributed by atoms with E-state index in [1.54, 1.807) is 24.3 Å². The summed E-state index contributed by atoms with van der Waals surface area (Å²) < 4.78 is 10.8. The summed E-state index contributed by atoms with van der Waals surface area (Å²) in [4.78, 5) is 42.5. The number of halogens is 1. The zero-order chi connectivity index (χ0) is 24.6. The molecule has 1 fully saturated rings. The van der Waals surface area contributed by atoms with Crippen LogP contribution in [0.5, 0.6) is 11.5 Å². The topological polar surface area (TPSA) is 93.1 Å². The fraction of sp³-hybridized carbons (Fsp3) is 0.222. The fourth-order valence-corrected chi connectivity index (χ4v) is 6.62. The van der Waals surface area contributed by atoms with Gasteiger partial charge in [0.05, 0.1) is 36.8 Å². The highest BCUT2D eigenvalue weighted by Crippen LogP contribution is 2.64. The lowest BCUT2D eigenvalue weighted by Crippen LogP contribution is -2.57. The summed E-state index contributed by atoms with van der Waals surface area (Å²) in [5.74, 6) is -4.18. The normalized spacial score (nSPS) is 25.7. The molecule has 3 aromatic rings. The largest absolute Gasteiger partial charge is 0.495 e. The van der Waals surface area contributed by atoms with Gasteiger partial charge in [-0.1, -0.05) is 60.1 Å². The van der Waals surface area contributed by atoms with E-state index in [9.17, 15) is 19.5 Å². The minimum Gasteiger partial charge on any atom is -0.495 e. The highest BCUT2D eigenvalue weighted by atomic mass is 35.5. The molecule has 176 valence electrons. The molecule has 3 aromatic carbocycles. The number of rotatable bonds is 4. The van der Waals surface area contributed by atoms with E-state index in [2.05, 4.69) is 0 Å². The molecule has 3 aliphatic carbocycles. The lowest BCUT2D eigenvalue weighted by Gasteiger charge is -2.51. The molecule has 0 saturated carbocycles. The van der Waals surface area contributed by atoms with Gasteiger partial charge in [-0.2, -0.15) is 0 Å². The molecule has 1 saturated heterocycles. The minimum atomic E-state index is -1.70. The van der Waals surface area contributed by atoms with Gasteiger partial charge in [-0.15, -0.1) is 0 Å². The van der Waals surface area contributed by atoms with Crippen LogP contribution in [0.2, 0.25) is 5.02 Å². The molecule has 35 heavy (non-hydrogen) atoms. The Labute approximate surface area is 205 Å². The van der Waals surface area contributed by atoms with Crippen molar-refractivity contribution in [2.45, 2.75) is 11.3 Å². The van der Waals surface area contributed by atoms with Gasteiger partial charge in [0.2, 0.25) is 11.8 Å². The monoisotopic (exact) mass is 489 g/mol. The lowest BCUT2D eigenvalue weighted by molar-refractivity contribution is -0.149. The number of carboxylic acid groups (broad SMARTS) is 1. The Morgan fingerprint density at radius 2 is 1.49 bits per heavy atom. The first-order chi connectivity index (χ1) is 16.9. The van der Waals surface area contributed by atoms with Crippen LogP contribution >= 0.6 is 11.6 Å². The van der Waals surface area contributed by atoms with Crippen molar-refractivity contribution in [3.05, 3.63) is 87.9 Å². The summed E-state index contributed by atoms with van der Waals surface area (Å²) in [6.45, 7) is 0. The molecular formula is C27H20ClNO6. The Balaban J connectivity index is 1.65. The summed E-state index contributed by atoms with van der Waals surface area (Å²) in [6.07, 6.45) is 0. The molecule has 4 aliphatic rings. The first-order valence-electron chi connectivity index (χ1n) is 11.1. The van der Waals surface area contributed by atoms with Crippen molar-refractivity contribution in [3.8, 4) is 11.5 Å². The second kappa shape index (κ2) is 7.33.